The number of benzene rings is 4. The van der Waals surface area contributed by atoms with E-state index in [1.165, 1.54) is 21.2 Å². The second-order valence-corrected chi connectivity index (χ2v) is 27.4. The Morgan fingerprint density at radius 1 is 0.538 bits per heavy atom. The average molecular weight is 740 g/mol. The van der Waals surface area contributed by atoms with E-state index in [1.807, 2.05) is 0 Å². The standard InChI is InChI=1S/C31H39N2P2Si2.CH3.Er/c1-36(2,3)32-34(28-19-11-7-12-20-28,29-21-13-8-14-22-29)27-35(33-37(4,5)6,30-23-15-9-16-24-30)31-25-17-10-18-26-31;;/h7-27H,1-6H3;1H3;/q2*-1;. The molecule has 0 aliphatic heterocycles. The molecular formula is C32H42ErN2P2Si2-2. The smallest absolute Gasteiger partial charge is 0.171 e. The number of hydrogen-bond acceptors (Lipinski definition) is 1. The van der Waals surface area contributed by atoms with Crippen molar-refractivity contribution in [3.63, 3.8) is 0 Å². The van der Waals surface area contributed by atoms with Crippen LogP contribution in [-0.4, -0.2) is 22.0 Å². The quantitative estimate of drug-likeness (QED) is 0.0983. The van der Waals surface area contributed by atoms with E-state index in [-0.39, 0.29) is 44.7 Å². The molecule has 0 saturated heterocycles. The van der Waals surface area contributed by atoms with Gasteiger partial charge in [0.05, 0.1) is 0 Å². The summed E-state index contributed by atoms with van der Waals surface area (Å²) in [6.07, 6.45) is 0. The van der Waals surface area contributed by atoms with Crippen LogP contribution >= 0.6 is 14.1 Å². The summed E-state index contributed by atoms with van der Waals surface area (Å²) in [4.78, 5) is 0. The molecule has 2 nitrogen and oxygen atoms in total. The van der Waals surface area contributed by atoms with Gasteiger partial charge in [-0.05, 0) is 21.2 Å². The Bertz CT molecular complexity index is 1330. The van der Waals surface area contributed by atoms with E-state index in [4.69, 9.17) is 9.16 Å². The molecule has 4 aromatic rings. The van der Waals surface area contributed by atoms with Gasteiger partial charge in [0, 0.05) is 44.4 Å². The molecule has 0 amide bonds. The van der Waals surface area contributed by atoms with Gasteiger partial charge in [0.2, 0.25) is 0 Å². The molecule has 7 heteroatoms. The zero-order valence-corrected chi connectivity index (χ0v) is 29.8. The van der Waals surface area contributed by atoms with Crippen LogP contribution < -0.4 is 21.2 Å². The third-order valence-corrected chi connectivity index (χ3v) is 20.2. The molecule has 0 atom stereocenters. The summed E-state index contributed by atoms with van der Waals surface area (Å²) in [5.41, 5.74) is 2.69. The molecule has 0 unspecified atom stereocenters. The Morgan fingerprint density at radius 3 is 1.13 bits per heavy atom. The van der Waals surface area contributed by atoms with Gasteiger partial charge in [-0.1, -0.05) is 174 Å². The molecule has 0 aromatic heterocycles. The van der Waals surface area contributed by atoms with Crippen molar-refractivity contribution in [2.24, 2.45) is 4.41 Å². The minimum Gasteiger partial charge on any atom is -0.631 e. The first-order valence-corrected chi connectivity index (χ1v) is 23.4. The molecule has 0 heterocycles. The van der Waals surface area contributed by atoms with Crippen LogP contribution in [0.4, 0.5) is 0 Å². The predicted octanol–water partition coefficient (Wildman–Crippen LogP) is 8.68. The van der Waals surface area contributed by atoms with Crippen molar-refractivity contribution in [3.05, 3.63) is 134 Å². The summed E-state index contributed by atoms with van der Waals surface area (Å²) in [5, 5.41) is 5.24. The van der Waals surface area contributed by atoms with E-state index in [0.29, 0.717) is 0 Å². The zero-order valence-electron chi connectivity index (χ0n) is 24.2. The van der Waals surface area contributed by atoms with Gasteiger partial charge >= 0.3 is 0 Å². The zero-order chi connectivity index (χ0) is 26.6. The fourth-order valence-electron chi connectivity index (χ4n) is 4.66. The molecule has 4 aromatic carbocycles. The molecule has 0 aliphatic rings. The maximum Gasteiger partial charge on any atom is 0.171 e. The van der Waals surface area contributed by atoms with E-state index in [1.54, 1.807) is 0 Å². The Labute approximate surface area is 269 Å². The first-order valence-electron chi connectivity index (χ1n) is 12.9. The van der Waals surface area contributed by atoms with Gasteiger partial charge in [0.1, 0.15) is 0 Å². The fraction of sp³-hybridized carbons (Fsp3) is 0.188. The van der Waals surface area contributed by atoms with Crippen LogP contribution in [0.15, 0.2) is 126 Å². The summed E-state index contributed by atoms with van der Waals surface area (Å²) in [6, 6.07) is 44.1. The van der Waals surface area contributed by atoms with Gasteiger partial charge in [-0.2, -0.15) is 0 Å². The normalized spacial score (nSPS) is 12.1. The molecule has 39 heavy (non-hydrogen) atoms. The minimum absolute atomic E-state index is 0. The Hall–Kier alpha value is -0.949. The van der Waals surface area contributed by atoms with E-state index in [9.17, 15) is 0 Å². The maximum atomic E-state index is 5.92. The molecule has 0 aliphatic carbocycles. The largest absolute Gasteiger partial charge is 0.631 e. The first kappa shape index (κ1) is 34.3. The Morgan fingerprint density at radius 2 is 0.846 bits per heavy atom. The van der Waals surface area contributed by atoms with Crippen LogP contribution in [0, 0.1) is 44.7 Å². The summed E-state index contributed by atoms with van der Waals surface area (Å²) in [7, 11) is -8.42. The van der Waals surface area contributed by atoms with Crippen LogP contribution in [0.5, 0.6) is 0 Å². The first-order chi connectivity index (χ1) is 17.5. The van der Waals surface area contributed by atoms with Crippen molar-refractivity contribution in [2.45, 2.75) is 39.3 Å². The van der Waals surface area contributed by atoms with Gasteiger partial charge in [-0.15, -0.1) is 7.04 Å². The van der Waals surface area contributed by atoms with Crippen molar-refractivity contribution < 1.29 is 37.3 Å². The molecule has 0 radical (unpaired) electrons. The van der Waals surface area contributed by atoms with E-state index < -0.39 is 30.6 Å². The van der Waals surface area contributed by atoms with Crippen LogP contribution in [0.3, 0.4) is 0 Å². The minimum atomic E-state index is -2.32. The van der Waals surface area contributed by atoms with E-state index >= 15 is 0 Å². The fourth-order valence-corrected chi connectivity index (χ4v) is 22.6. The summed E-state index contributed by atoms with van der Waals surface area (Å²) in [6.45, 7) is 14.2. The maximum absolute atomic E-state index is 5.92. The molecule has 0 N–H and O–H groups in total. The van der Waals surface area contributed by atoms with Gasteiger partial charge in [0.15, 0.2) is 8.24 Å². The van der Waals surface area contributed by atoms with Gasteiger partial charge < -0.3 is 16.6 Å². The van der Waals surface area contributed by atoms with Crippen molar-refractivity contribution in [2.75, 3.05) is 0 Å². The summed E-state index contributed by atoms with van der Waals surface area (Å²) in [5.74, 6) is 0. The summed E-state index contributed by atoms with van der Waals surface area (Å²) < 4.78 is 11.8. The molecule has 4 rings (SSSR count). The van der Waals surface area contributed by atoms with Gasteiger partial charge in [0.25, 0.3) is 0 Å². The topological polar surface area (TPSA) is 26.5 Å². The molecular weight excluding hydrogens is 698 g/mol. The Kier molecular flexibility index (Phi) is 12.5. The third kappa shape index (κ3) is 8.53. The van der Waals surface area contributed by atoms with E-state index in [2.05, 4.69) is 166 Å². The molecule has 0 fully saturated rings. The van der Waals surface area contributed by atoms with Crippen LogP contribution in [0.1, 0.15) is 0 Å². The predicted molar refractivity (Wildman–Crippen MR) is 183 cm³/mol. The van der Waals surface area contributed by atoms with Crippen molar-refractivity contribution in [1.29, 1.82) is 0 Å². The van der Waals surface area contributed by atoms with Crippen molar-refractivity contribution in [1.82, 2.24) is 0 Å². The molecule has 0 saturated carbocycles. The van der Waals surface area contributed by atoms with Gasteiger partial charge in [-0.25, -0.2) is 0 Å². The Balaban J connectivity index is 0.00000267. The molecule has 212 valence electrons. The average Bonchev–Trinajstić information content (AvgIpc) is 2.88. The monoisotopic (exact) mass is 738 g/mol. The number of nitrogens with zero attached hydrogens (tertiary/aromatic N) is 2. The van der Waals surface area contributed by atoms with Crippen LogP contribution in [-0.2, 0) is 0 Å². The number of rotatable bonds is 8. The van der Waals surface area contributed by atoms with Crippen molar-refractivity contribution in [3.8, 4) is 0 Å². The van der Waals surface area contributed by atoms with E-state index in [0.717, 1.165) is 0 Å². The van der Waals surface area contributed by atoms with Gasteiger partial charge in [-0.3, -0.25) is 0 Å². The second-order valence-electron chi connectivity index (χ2n) is 11.4. The SMILES string of the molecule is C[Si](C)(C)N=P(C=P([N-][Si](C)(C)C)(c1ccccc1)c1ccccc1)(c1ccccc1)c1ccccc1.[CH3-].[Er]. The number of hydrogen-bond donors (Lipinski definition) is 0. The molecule has 0 spiro atoms. The summed E-state index contributed by atoms with van der Waals surface area (Å²) >= 11 is 0. The van der Waals surface area contributed by atoms with Crippen molar-refractivity contribution >= 4 is 57.3 Å². The molecule has 0 bridgehead atoms. The van der Waals surface area contributed by atoms with Crippen LogP contribution in [0.25, 0.3) is 4.75 Å². The second kappa shape index (κ2) is 14.3. The third-order valence-electron chi connectivity index (χ3n) is 5.85. The van der Waals surface area contributed by atoms with Crippen LogP contribution in [0.2, 0.25) is 39.3 Å².